The molecule has 0 spiro atoms. The number of aromatic nitrogens is 3. The second-order valence-electron chi connectivity index (χ2n) is 8.73. The van der Waals surface area contributed by atoms with E-state index in [4.69, 9.17) is 15.2 Å². The molecule has 5 N–H and O–H groups in total. The minimum Gasteiger partial charge on any atom is -0.488 e. The molecule has 4 aromatic rings. The molecule has 192 valence electrons. The molecule has 37 heavy (non-hydrogen) atoms. The number of carbonyl (C=O) groups is 1. The Hall–Kier alpha value is -3.90. The highest BCUT2D eigenvalue weighted by Gasteiger charge is 2.44. The quantitative estimate of drug-likeness (QED) is 0.268. The number of primary amides is 1. The van der Waals surface area contributed by atoms with E-state index in [9.17, 15) is 19.4 Å². The van der Waals surface area contributed by atoms with Crippen molar-refractivity contribution < 1.29 is 28.9 Å². The third kappa shape index (κ3) is 5.16. The summed E-state index contributed by atoms with van der Waals surface area (Å²) in [6.07, 6.45) is -3.07. The average molecular weight is 508 g/mol. The Kier molecular flexibility index (Phi) is 7.10. The Morgan fingerprint density at radius 2 is 1.89 bits per heavy atom. The summed E-state index contributed by atoms with van der Waals surface area (Å²) in [5, 5.41) is 30.2. The van der Waals surface area contributed by atoms with Crippen LogP contribution < -0.4 is 15.8 Å². The minimum atomic E-state index is -1.29. The summed E-state index contributed by atoms with van der Waals surface area (Å²) in [6, 6.07) is 18.1. The van der Waals surface area contributed by atoms with Gasteiger partial charge in [0.05, 0.1) is 0 Å². The van der Waals surface area contributed by atoms with Crippen LogP contribution in [-0.4, -0.2) is 55.7 Å². The molecule has 0 bridgehead atoms. The smallest absolute Gasteiger partial charge is 0.288 e. The molecule has 10 nitrogen and oxygen atoms in total. The zero-order valence-corrected chi connectivity index (χ0v) is 19.7. The zero-order valence-electron chi connectivity index (χ0n) is 19.7. The van der Waals surface area contributed by atoms with Crippen molar-refractivity contribution in [2.45, 2.75) is 37.7 Å². The summed E-state index contributed by atoms with van der Waals surface area (Å²) in [7, 11) is 0. The number of rotatable bonds is 9. The van der Waals surface area contributed by atoms with Crippen LogP contribution in [0.4, 0.5) is 4.39 Å². The molecule has 1 amide bonds. The maximum absolute atomic E-state index is 14.1. The average Bonchev–Trinajstić information content (AvgIpc) is 3.50. The molecule has 3 aromatic carbocycles. The molecule has 1 aliphatic rings. The van der Waals surface area contributed by atoms with Crippen molar-refractivity contribution in [3.8, 4) is 5.75 Å². The molecule has 1 aliphatic heterocycles. The van der Waals surface area contributed by atoms with Crippen molar-refractivity contribution in [3.63, 3.8) is 0 Å². The molecular formula is C26H26FN5O5. The first-order chi connectivity index (χ1) is 17.9. The van der Waals surface area contributed by atoms with E-state index >= 15 is 0 Å². The number of nitrogens with two attached hydrogens (primary N) is 1. The fraction of sp³-hybridized carbons (Fsp3) is 0.269. The molecule has 0 aliphatic carbocycles. The van der Waals surface area contributed by atoms with Crippen LogP contribution in [0.1, 0.15) is 28.0 Å². The number of hydrogen-bond acceptors (Lipinski definition) is 8. The highest BCUT2D eigenvalue weighted by atomic mass is 19.1. The fourth-order valence-electron chi connectivity index (χ4n) is 4.37. The Labute approximate surface area is 211 Å². The van der Waals surface area contributed by atoms with E-state index in [0.29, 0.717) is 17.9 Å². The second kappa shape index (κ2) is 10.6. The lowest BCUT2D eigenvalue weighted by Crippen LogP contribution is -2.37. The van der Waals surface area contributed by atoms with Gasteiger partial charge in [-0.3, -0.25) is 4.79 Å². The summed E-state index contributed by atoms with van der Waals surface area (Å²) in [5.74, 6) is -0.764. The Morgan fingerprint density at radius 1 is 1.11 bits per heavy atom. The lowest BCUT2D eigenvalue weighted by molar-refractivity contribution is -0.0439. The Morgan fingerprint density at radius 3 is 2.68 bits per heavy atom. The summed E-state index contributed by atoms with van der Waals surface area (Å²) < 4.78 is 27.1. The van der Waals surface area contributed by atoms with E-state index in [1.165, 1.54) is 12.4 Å². The summed E-state index contributed by atoms with van der Waals surface area (Å²) in [5.41, 5.74) is 6.49. The van der Waals surface area contributed by atoms with Gasteiger partial charge in [-0.15, -0.1) is 5.10 Å². The van der Waals surface area contributed by atoms with Crippen molar-refractivity contribution in [2.24, 2.45) is 5.73 Å². The molecule has 1 saturated heterocycles. The van der Waals surface area contributed by atoms with Gasteiger partial charge in [-0.05, 0) is 22.9 Å². The van der Waals surface area contributed by atoms with E-state index in [1.54, 1.807) is 18.2 Å². The number of nitrogens with zero attached hydrogens (tertiary/aromatic N) is 3. The number of benzene rings is 3. The van der Waals surface area contributed by atoms with Crippen LogP contribution >= 0.6 is 0 Å². The number of ether oxygens (including phenoxy) is 2. The molecule has 4 atom stereocenters. The zero-order chi connectivity index (χ0) is 25.9. The lowest BCUT2D eigenvalue weighted by Gasteiger charge is -2.18. The minimum absolute atomic E-state index is 0.0710. The van der Waals surface area contributed by atoms with Crippen LogP contribution in [0.5, 0.6) is 5.75 Å². The van der Waals surface area contributed by atoms with Gasteiger partial charge in [0.15, 0.2) is 6.23 Å². The van der Waals surface area contributed by atoms with Gasteiger partial charge in [0, 0.05) is 24.2 Å². The number of halogens is 1. The van der Waals surface area contributed by atoms with Crippen molar-refractivity contribution in [3.05, 3.63) is 89.8 Å². The van der Waals surface area contributed by atoms with E-state index < -0.39 is 30.4 Å². The predicted octanol–water partition coefficient (Wildman–Crippen LogP) is 1.66. The number of aliphatic hydroxyl groups is 2. The normalized spacial score (nSPS) is 21.4. The first-order valence-electron chi connectivity index (χ1n) is 11.7. The van der Waals surface area contributed by atoms with E-state index in [0.717, 1.165) is 21.0 Å². The van der Waals surface area contributed by atoms with Crippen molar-refractivity contribution >= 4 is 16.7 Å². The van der Waals surface area contributed by atoms with Gasteiger partial charge in [0.1, 0.15) is 42.8 Å². The largest absolute Gasteiger partial charge is 0.488 e. The number of fused-ring (bicyclic) bond motifs is 1. The van der Waals surface area contributed by atoms with Crippen molar-refractivity contribution in [1.29, 1.82) is 0 Å². The molecule has 5 rings (SSSR count). The van der Waals surface area contributed by atoms with E-state index in [-0.39, 0.29) is 24.8 Å². The number of amides is 1. The number of nitrogens with one attached hydrogen (secondary N) is 1. The predicted molar refractivity (Wildman–Crippen MR) is 131 cm³/mol. The number of aliphatic hydroxyl groups excluding tert-OH is 2. The Balaban J connectivity index is 1.29. The fourth-order valence-corrected chi connectivity index (χ4v) is 4.37. The van der Waals surface area contributed by atoms with Crippen LogP contribution in [0, 0.1) is 5.82 Å². The number of carbonyl (C=O) groups excluding carboxylic acids is 1. The van der Waals surface area contributed by atoms with Crippen LogP contribution in [0.2, 0.25) is 0 Å². The second-order valence-corrected chi connectivity index (χ2v) is 8.73. The maximum atomic E-state index is 14.1. The van der Waals surface area contributed by atoms with Gasteiger partial charge < -0.3 is 30.7 Å². The highest BCUT2D eigenvalue weighted by molar-refractivity contribution is 5.88. The molecule has 1 aromatic heterocycles. The molecule has 0 unspecified atom stereocenters. The molecule has 11 heteroatoms. The van der Waals surface area contributed by atoms with Crippen LogP contribution in [0.15, 0.2) is 67.0 Å². The molecule has 2 heterocycles. The van der Waals surface area contributed by atoms with Gasteiger partial charge in [-0.2, -0.15) is 0 Å². The SMILES string of the molecule is NC(=O)c1ncn([C@@H]2O[C@H](CNCc3c(OCc4ccccc4F)ccc4ccccc34)[C@@H](O)[C@H]2O)n1. The summed E-state index contributed by atoms with van der Waals surface area (Å²) in [4.78, 5) is 15.1. The maximum Gasteiger partial charge on any atom is 0.288 e. The van der Waals surface area contributed by atoms with Gasteiger partial charge in [0.2, 0.25) is 5.82 Å². The summed E-state index contributed by atoms with van der Waals surface area (Å²) in [6.45, 7) is 0.625. The van der Waals surface area contributed by atoms with Crippen molar-refractivity contribution in [1.82, 2.24) is 20.1 Å². The van der Waals surface area contributed by atoms with Crippen molar-refractivity contribution in [2.75, 3.05) is 6.54 Å². The molecular weight excluding hydrogens is 481 g/mol. The molecule has 1 fully saturated rings. The Bertz CT molecular complexity index is 1410. The van der Waals surface area contributed by atoms with E-state index in [1.807, 2.05) is 36.4 Å². The lowest BCUT2D eigenvalue weighted by atomic mass is 10.0. The number of hydrogen-bond donors (Lipinski definition) is 4. The molecule has 0 radical (unpaired) electrons. The topological polar surface area (TPSA) is 145 Å². The summed E-state index contributed by atoms with van der Waals surface area (Å²) >= 11 is 0. The monoisotopic (exact) mass is 507 g/mol. The standard InChI is InChI=1S/C26H26FN5O5/c27-19-8-4-2-6-16(19)13-36-20-10-9-15-5-1-3-7-17(15)18(20)11-29-12-21-22(33)23(34)26(37-21)32-14-30-25(31-32)24(28)35/h1-10,14,21-23,26,29,33-34H,11-13H2,(H2,28,35)/t21-,22-,23-,26-/m1/s1. The molecule has 0 saturated carbocycles. The van der Waals surface area contributed by atoms with E-state index in [2.05, 4.69) is 15.4 Å². The van der Waals surface area contributed by atoms with Gasteiger partial charge >= 0.3 is 0 Å². The van der Waals surface area contributed by atoms with Gasteiger partial charge in [-0.25, -0.2) is 14.1 Å². The van der Waals surface area contributed by atoms with Gasteiger partial charge in [0.25, 0.3) is 5.91 Å². The van der Waals surface area contributed by atoms with Crippen LogP contribution in [0.3, 0.4) is 0 Å². The van der Waals surface area contributed by atoms with Crippen LogP contribution in [0.25, 0.3) is 10.8 Å². The first kappa shape index (κ1) is 24.8. The highest BCUT2D eigenvalue weighted by Crippen LogP contribution is 2.31. The van der Waals surface area contributed by atoms with Gasteiger partial charge in [-0.1, -0.05) is 48.5 Å². The van der Waals surface area contributed by atoms with Crippen LogP contribution in [-0.2, 0) is 17.9 Å². The first-order valence-corrected chi connectivity index (χ1v) is 11.7. The third-order valence-corrected chi connectivity index (χ3v) is 6.31. The third-order valence-electron chi connectivity index (χ3n) is 6.31.